The Labute approximate surface area is 184 Å². The van der Waals surface area contributed by atoms with Crippen LogP contribution in [0.15, 0.2) is 77.7 Å². The molecule has 30 heavy (non-hydrogen) atoms. The predicted octanol–water partition coefficient (Wildman–Crippen LogP) is 6.74. The summed E-state index contributed by atoms with van der Waals surface area (Å²) in [5, 5.41) is 3.29. The van der Waals surface area contributed by atoms with Crippen molar-refractivity contribution in [3.8, 4) is 0 Å². The summed E-state index contributed by atoms with van der Waals surface area (Å²) in [4.78, 5) is 14.2. The Morgan fingerprint density at radius 2 is 1.67 bits per heavy atom. The van der Waals surface area contributed by atoms with E-state index in [1.165, 1.54) is 41.5 Å². The molecule has 1 aliphatic carbocycles. The number of carbonyl (C=O) groups excluding carboxylic acids is 1. The zero-order valence-electron chi connectivity index (χ0n) is 17.6. The summed E-state index contributed by atoms with van der Waals surface area (Å²) in [6.45, 7) is 2.14. The SMILES string of the molecule is CC[C@@H](NC(=O)c1ccccc1SCc1ccccc1)c1ccc2c(c1)CCCC2. The molecule has 1 N–H and O–H groups in total. The van der Waals surface area contributed by atoms with Crippen molar-refractivity contribution in [3.63, 3.8) is 0 Å². The van der Waals surface area contributed by atoms with Crippen LogP contribution in [-0.4, -0.2) is 5.91 Å². The first kappa shape index (κ1) is 20.7. The van der Waals surface area contributed by atoms with Crippen molar-refractivity contribution in [2.75, 3.05) is 0 Å². The number of fused-ring (bicyclic) bond motifs is 1. The number of nitrogens with one attached hydrogen (secondary N) is 1. The van der Waals surface area contributed by atoms with Crippen LogP contribution in [0.1, 0.15) is 64.8 Å². The first-order chi connectivity index (χ1) is 14.7. The van der Waals surface area contributed by atoms with Gasteiger partial charge in [0.1, 0.15) is 0 Å². The molecule has 1 atom stereocenters. The maximum atomic E-state index is 13.2. The molecule has 0 spiro atoms. The van der Waals surface area contributed by atoms with Gasteiger partial charge in [-0.2, -0.15) is 0 Å². The van der Waals surface area contributed by atoms with Gasteiger partial charge in [-0.05, 0) is 66.5 Å². The Kier molecular flexibility index (Phi) is 6.91. The third-order valence-corrected chi connectivity index (χ3v) is 7.00. The van der Waals surface area contributed by atoms with Crippen molar-refractivity contribution in [1.29, 1.82) is 0 Å². The molecule has 0 saturated carbocycles. The van der Waals surface area contributed by atoms with Crippen LogP contribution in [0.4, 0.5) is 0 Å². The molecule has 0 unspecified atom stereocenters. The van der Waals surface area contributed by atoms with Crippen LogP contribution in [0.25, 0.3) is 0 Å². The summed E-state index contributed by atoms with van der Waals surface area (Å²) in [6.07, 6.45) is 5.78. The van der Waals surface area contributed by atoms with Crippen LogP contribution in [0, 0.1) is 0 Å². The summed E-state index contributed by atoms with van der Waals surface area (Å²) in [7, 11) is 0. The molecule has 0 fully saturated rings. The van der Waals surface area contributed by atoms with E-state index in [-0.39, 0.29) is 11.9 Å². The molecular formula is C27H29NOS. The van der Waals surface area contributed by atoms with Gasteiger partial charge < -0.3 is 5.32 Å². The number of thioether (sulfide) groups is 1. The maximum Gasteiger partial charge on any atom is 0.252 e. The third-order valence-electron chi connectivity index (χ3n) is 5.86. The van der Waals surface area contributed by atoms with E-state index in [1.54, 1.807) is 11.8 Å². The monoisotopic (exact) mass is 415 g/mol. The van der Waals surface area contributed by atoms with E-state index < -0.39 is 0 Å². The van der Waals surface area contributed by atoms with E-state index in [0.717, 1.165) is 29.1 Å². The topological polar surface area (TPSA) is 29.1 Å². The smallest absolute Gasteiger partial charge is 0.252 e. The van der Waals surface area contributed by atoms with Gasteiger partial charge in [-0.25, -0.2) is 0 Å². The number of rotatable bonds is 7. The molecule has 3 aromatic rings. The standard InChI is InChI=1S/C27H29NOS/c1-2-25(23-17-16-21-12-6-7-13-22(21)18-23)28-27(29)24-14-8-9-15-26(24)30-19-20-10-4-3-5-11-20/h3-5,8-11,14-18,25H,2,6-7,12-13,19H2,1H3,(H,28,29)/t25-/m1/s1. The van der Waals surface area contributed by atoms with Gasteiger partial charge in [-0.3, -0.25) is 4.79 Å². The zero-order valence-corrected chi connectivity index (χ0v) is 18.4. The molecule has 1 amide bonds. The van der Waals surface area contributed by atoms with Gasteiger partial charge in [-0.1, -0.05) is 67.6 Å². The van der Waals surface area contributed by atoms with Crippen molar-refractivity contribution in [2.24, 2.45) is 0 Å². The fourth-order valence-electron chi connectivity index (χ4n) is 4.14. The van der Waals surface area contributed by atoms with Crippen molar-refractivity contribution in [1.82, 2.24) is 5.32 Å². The first-order valence-electron chi connectivity index (χ1n) is 10.9. The van der Waals surface area contributed by atoms with E-state index in [0.29, 0.717) is 0 Å². The second-order valence-electron chi connectivity index (χ2n) is 7.94. The number of benzene rings is 3. The minimum Gasteiger partial charge on any atom is -0.345 e. The lowest BCUT2D eigenvalue weighted by molar-refractivity contribution is 0.0932. The first-order valence-corrected chi connectivity index (χ1v) is 11.9. The molecule has 2 nitrogen and oxygen atoms in total. The molecule has 3 aromatic carbocycles. The maximum absolute atomic E-state index is 13.2. The van der Waals surface area contributed by atoms with E-state index in [9.17, 15) is 4.79 Å². The Hall–Kier alpha value is -2.52. The Bertz CT molecular complexity index is 999. The number of hydrogen-bond donors (Lipinski definition) is 1. The molecule has 0 saturated heterocycles. The molecule has 0 bridgehead atoms. The highest BCUT2D eigenvalue weighted by molar-refractivity contribution is 7.98. The van der Waals surface area contributed by atoms with Gasteiger partial charge in [-0.15, -0.1) is 11.8 Å². The Morgan fingerprint density at radius 3 is 2.47 bits per heavy atom. The van der Waals surface area contributed by atoms with Gasteiger partial charge in [0.2, 0.25) is 0 Å². The van der Waals surface area contributed by atoms with Crippen LogP contribution in [0.2, 0.25) is 0 Å². The van der Waals surface area contributed by atoms with Crippen molar-refractivity contribution < 1.29 is 4.79 Å². The highest BCUT2D eigenvalue weighted by Gasteiger charge is 2.18. The van der Waals surface area contributed by atoms with Crippen LogP contribution >= 0.6 is 11.8 Å². The number of carbonyl (C=O) groups is 1. The van der Waals surface area contributed by atoms with Gasteiger partial charge in [0.15, 0.2) is 0 Å². The molecule has 1 aliphatic rings. The minimum atomic E-state index is 0.00994. The third kappa shape index (κ3) is 4.96. The summed E-state index contributed by atoms with van der Waals surface area (Å²) in [5.41, 5.74) is 6.19. The number of hydrogen-bond acceptors (Lipinski definition) is 2. The van der Waals surface area contributed by atoms with Gasteiger partial charge >= 0.3 is 0 Å². The van der Waals surface area contributed by atoms with Crippen molar-refractivity contribution >= 4 is 17.7 Å². The fraction of sp³-hybridized carbons (Fsp3) is 0.296. The molecule has 3 heteroatoms. The highest BCUT2D eigenvalue weighted by atomic mass is 32.2. The fourth-order valence-corrected chi connectivity index (χ4v) is 5.15. The second kappa shape index (κ2) is 9.99. The van der Waals surface area contributed by atoms with Gasteiger partial charge in [0, 0.05) is 10.6 Å². The van der Waals surface area contributed by atoms with Crippen molar-refractivity contribution in [3.05, 3.63) is 101 Å². The molecule has 0 heterocycles. The highest BCUT2D eigenvalue weighted by Crippen LogP contribution is 2.29. The Balaban J connectivity index is 1.48. The van der Waals surface area contributed by atoms with Crippen molar-refractivity contribution in [2.45, 2.75) is 55.7 Å². The van der Waals surface area contributed by atoms with Crippen LogP contribution in [-0.2, 0) is 18.6 Å². The van der Waals surface area contributed by atoms with Crippen LogP contribution < -0.4 is 5.32 Å². The Morgan fingerprint density at radius 1 is 0.933 bits per heavy atom. The average molecular weight is 416 g/mol. The summed E-state index contributed by atoms with van der Waals surface area (Å²) >= 11 is 1.72. The lowest BCUT2D eigenvalue weighted by Crippen LogP contribution is -2.28. The molecule has 4 rings (SSSR count). The molecule has 0 aromatic heterocycles. The normalized spacial score (nSPS) is 14.0. The zero-order chi connectivity index (χ0) is 20.8. The van der Waals surface area contributed by atoms with E-state index in [4.69, 9.17) is 0 Å². The number of aryl methyl sites for hydroxylation is 2. The van der Waals surface area contributed by atoms with E-state index in [1.807, 2.05) is 30.3 Å². The van der Waals surface area contributed by atoms with E-state index in [2.05, 4.69) is 54.7 Å². The van der Waals surface area contributed by atoms with Gasteiger partial charge in [0.05, 0.1) is 11.6 Å². The van der Waals surface area contributed by atoms with Gasteiger partial charge in [0.25, 0.3) is 5.91 Å². The molecule has 154 valence electrons. The van der Waals surface area contributed by atoms with Crippen LogP contribution in [0.5, 0.6) is 0 Å². The molecular weight excluding hydrogens is 386 g/mol. The summed E-state index contributed by atoms with van der Waals surface area (Å²) in [5.74, 6) is 0.864. The quantitative estimate of drug-likeness (QED) is 0.433. The lowest BCUT2D eigenvalue weighted by atomic mass is 9.88. The second-order valence-corrected chi connectivity index (χ2v) is 8.96. The lowest BCUT2D eigenvalue weighted by Gasteiger charge is -2.22. The summed E-state index contributed by atoms with van der Waals surface area (Å²) in [6, 6.07) is 25.1. The van der Waals surface area contributed by atoms with Crippen LogP contribution in [0.3, 0.4) is 0 Å². The number of amides is 1. The largest absolute Gasteiger partial charge is 0.345 e. The summed E-state index contributed by atoms with van der Waals surface area (Å²) < 4.78 is 0. The van der Waals surface area contributed by atoms with E-state index >= 15 is 0 Å². The molecule has 0 aliphatic heterocycles. The minimum absolute atomic E-state index is 0.00994. The average Bonchev–Trinajstić information content (AvgIpc) is 2.81. The predicted molar refractivity (Wildman–Crippen MR) is 126 cm³/mol. The molecule has 0 radical (unpaired) electrons.